The van der Waals surface area contributed by atoms with Gasteiger partial charge < -0.3 is 30.5 Å². The van der Waals surface area contributed by atoms with E-state index in [1.807, 2.05) is 49.6 Å². The smallest absolute Gasteiger partial charge is 0.412 e. The van der Waals surface area contributed by atoms with Crippen LogP contribution in [-0.2, 0) is 14.3 Å². The Hall–Kier alpha value is -5.00. The number of hydrogen-bond donors (Lipinski definition) is 4. The molecule has 0 saturated heterocycles. The van der Waals surface area contributed by atoms with Crippen LogP contribution in [0.5, 0.6) is 0 Å². The summed E-state index contributed by atoms with van der Waals surface area (Å²) in [5, 5.41) is 17.3. The number of hydrogen-bond acceptors (Lipinski definition) is 11. The number of aliphatic hydroxyl groups excluding tert-OH is 1. The minimum atomic E-state index is -0.539. The lowest BCUT2D eigenvalue weighted by molar-refractivity contribution is -0.142. The standard InChI is InChI=1S/C34H45N7O5/c1-4-6-7-10-21-46-34(44)39-32(35)24-12-15-26(16-13-24)37-23-30-38-27-22-25(14-17-28(27)40(30)3)33(43)41(20-18-31(42)45-5-2)29-11-8-9-19-36-29/h8-9,11-12,14-17,19,22,28,37,43H,4-7,10,13,18,20-21,23,35H2,1-3H3,(H,39,44)/b32-24+,33-25+. The van der Waals surface area contributed by atoms with Crippen LogP contribution in [0, 0.1) is 0 Å². The third-order valence-corrected chi connectivity index (χ3v) is 7.70. The van der Waals surface area contributed by atoms with Crippen LogP contribution in [0.2, 0.25) is 0 Å². The van der Waals surface area contributed by atoms with E-state index in [-0.39, 0.29) is 36.7 Å². The molecule has 0 spiro atoms. The molecular weight excluding hydrogens is 586 g/mol. The summed E-state index contributed by atoms with van der Waals surface area (Å²) in [6.45, 7) is 5.25. The monoisotopic (exact) mass is 631 g/mol. The molecule has 1 unspecified atom stereocenters. The van der Waals surface area contributed by atoms with Crippen LogP contribution >= 0.6 is 0 Å². The Morgan fingerprint density at radius 2 is 2.00 bits per heavy atom. The van der Waals surface area contributed by atoms with Crippen LogP contribution in [0.3, 0.4) is 0 Å². The maximum absolute atomic E-state index is 12.1. The predicted octanol–water partition coefficient (Wildman–Crippen LogP) is 4.69. The number of nitrogens with zero attached hydrogens (tertiary/aromatic N) is 4. The minimum absolute atomic E-state index is 0.0232. The lowest BCUT2D eigenvalue weighted by Gasteiger charge is -2.26. The number of pyridine rings is 1. The molecule has 46 heavy (non-hydrogen) atoms. The number of amides is 1. The molecule has 0 aromatic carbocycles. The fourth-order valence-electron chi connectivity index (χ4n) is 5.12. The highest BCUT2D eigenvalue weighted by Gasteiger charge is 2.30. The zero-order valence-electron chi connectivity index (χ0n) is 26.9. The van der Waals surface area contributed by atoms with Crippen molar-refractivity contribution in [2.45, 2.75) is 58.4 Å². The molecule has 4 rings (SSSR count). The van der Waals surface area contributed by atoms with Gasteiger partial charge in [0.1, 0.15) is 17.5 Å². The Morgan fingerprint density at radius 3 is 2.72 bits per heavy atom. The first-order valence-electron chi connectivity index (χ1n) is 15.8. The van der Waals surface area contributed by atoms with Crippen molar-refractivity contribution in [2.24, 2.45) is 10.7 Å². The molecule has 12 nitrogen and oxygen atoms in total. The predicted molar refractivity (Wildman–Crippen MR) is 178 cm³/mol. The molecule has 2 aliphatic carbocycles. The highest BCUT2D eigenvalue weighted by atomic mass is 16.5. The lowest BCUT2D eigenvalue weighted by Crippen LogP contribution is -2.37. The number of aromatic nitrogens is 1. The van der Waals surface area contributed by atoms with Gasteiger partial charge in [-0.1, -0.05) is 56.6 Å². The van der Waals surface area contributed by atoms with Crippen molar-refractivity contribution in [3.63, 3.8) is 0 Å². The first-order valence-corrected chi connectivity index (χ1v) is 15.8. The number of ether oxygens (including phenoxy) is 2. The number of amidine groups is 1. The highest BCUT2D eigenvalue weighted by molar-refractivity contribution is 5.89. The van der Waals surface area contributed by atoms with E-state index < -0.39 is 6.09 Å². The Morgan fingerprint density at radius 1 is 1.15 bits per heavy atom. The number of esters is 1. The number of fused-ring (bicyclic) bond motifs is 1. The molecule has 1 aromatic rings. The van der Waals surface area contributed by atoms with Crippen LogP contribution in [0.15, 0.2) is 100 Å². The second kappa shape index (κ2) is 16.9. The first-order chi connectivity index (χ1) is 22.3. The molecule has 1 atom stereocenters. The summed E-state index contributed by atoms with van der Waals surface area (Å²) in [5.74, 6) is 1.27. The number of likely N-dealkylation sites (N-methyl/N-ethyl adjacent to an activating group) is 1. The minimum Gasteiger partial charge on any atom is -0.494 e. The molecule has 1 amide bonds. The van der Waals surface area contributed by atoms with Gasteiger partial charge >= 0.3 is 12.1 Å². The maximum Gasteiger partial charge on any atom is 0.412 e. The van der Waals surface area contributed by atoms with Gasteiger partial charge in [-0.15, -0.1) is 0 Å². The van der Waals surface area contributed by atoms with E-state index in [0.717, 1.165) is 48.5 Å². The molecule has 0 bridgehead atoms. The van der Waals surface area contributed by atoms with E-state index in [1.165, 1.54) is 0 Å². The van der Waals surface area contributed by atoms with E-state index in [2.05, 4.69) is 27.4 Å². The second-order valence-electron chi connectivity index (χ2n) is 11.0. The molecule has 12 heteroatoms. The van der Waals surface area contributed by atoms with E-state index in [9.17, 15) is 14.7 Å². The van der Waals surface area contributed by atoms with Crippen LogP contribution in [-0.4, -0.2) is 72.3 Å². The molecule has 0 radical (unpaired) electrons. The van der Waals surface area contributed by atoms with Gasteiger partial charge in [0.15, 0.2) is 5.88 Å². The average molecular weight is 632 g/mol. The molecule has 1 aromatic heterocycles. The third kappa shape index (κ3) is 9.26. The largest absolute Gasteiger partial charge is 0.494 e. The highest BCUT2D eigenvalue weighted by Crippen LogP contribution is 2.29. The summed E-state index contributed by atoms with van der Waals surface area (Å²) < 4.78 is 10.3. The Balaban J connectivity index is 1.36. The Bertz CT molecular complexity index is 1460. The van der Waals surface area contributed by atoms with Gasteiger partial charge in [-0.05, 0) is 49.6 Å². The van der Waals surface area contributed by atoms with Crippen molar-refractivity contribution in [3.05, 3.63) is 95.1 Å². The number of nitrogens with two attached hydrogens (primary N) is 1. The number of aliphatic imine (C=N–C) groups is 1. The fourth-order valence-corrected chi connectivity index (χ4v) is 5.12. The van der Waals surface area contributed by atoms with Crippen LogP contribution in [0.25, 0.3) is 0 Å². The number of unbranched alkanes of at least 4 members (excludes halogenated alkanes) is 3. The van der Waals surface area contributed by atoms with Crippen molar-refractivity contribution < 1.29 is 24.2 Å². The average Bonchev–Trinajstić information content (AvgIpc) is 3.38. The summed E-state index contributed by atoms with van der Waals surface area (Å²) in [4.78, 5) is 37.0. The molecule has 246 valence electrons. The van der Waals surface area contributed by atoms with Gasteiger partial charge in [-0.25, -0.2) is 14.8 Å². The summed E-state index contributed by atoms with van der Waals surface area (Å²) in [5.41, 5.74) is 9.18. The normalized spacial score (nSPS) is 19.0. The molecule has 2 heterocycles. The van der Waals surface area contributed by atoms with Crippen molar-refractivity contribution in [1.29, 1.82) is 0 Å². The molecule has 3 aliphatic rings. The number of rotatable bonds is 15. The number of aliphatic hydroxyl groups is 1. The quantitative estimate of drug-likeness (QED) is 0.122. The number of allylic oxidation sites excluding steroid dienone is 7. The lowest BCUT2D eigenvalue weighted by atomic mass is 10.0. The van der Waals surface area contributed by atoms with Gasteiger partial charge in [-0.3, -0.25) is 15.0 Å². The molecular formula is C34H45N7O5. The summed E-state index contributed by atoms with van der Waals surface area (Å²) in [6.07, 6.45) is 17.4. The summed E-state index contributed by atoms with van der Waals surface area (Å²) >= 11 is 0. The molecule has 1 aliphatic heterocycles. The van der Waals surface area contributed by atoms with Crippen LogP contribution in [0.4, 0.5) is 10.6 Å². The number of anilines is 1. The Kier molecular flexibility index (Phi) is 12.4. The zero-order chi connectivity index (χ0) is 32.9. The third-order valence-electron chi connectivity index (χ3n) is 7.70. The van der Waals surface area contributed by atoms with Gasteiger partial charge in [0.2, 0.25) is 0 Å². The topological polar surface area (TPSA) is 155 Å². The maximum atomic E-state index is 12.1. The summed E-state index contributed by atoms with van der Waals surface area (Å²) in [6, 6.07) is 5.32. The zero-order valence-corrected chi connectivity index (χ0v) is 26.9. The van der Waals surface area contributed by atoms with E-state index in [4.69, 9.17) is 20.2 Å². The fraction of sp³-hybridized carbons (Fsp3) is 0.412. The van der Waals surface area contributed by atoms with Crippen molar-refractivity contribution in [2.75, 3.05) is 38.3 Å². The van der Waals surface area contributed by atoms with Gasteiger partial charge in [0.25, 0.3) is 0 Å². The number of carbonyl (C=O) groups excluding carboxylic acids is 2. The Labute approximate surface area is 270 Å². The van der Waals surface area contributed by atoms with Crippen molar-refractivity contribution >= 4 is 23.7 Å². The van der Waals surface area contributed by atoms with E-state index >= 15 is 0 Å². The van der Waals surface area contributed by atoms with E-state index in [0.29, 0.717) is 37.6 Å². The van der Waals surface area contributed by atoms with Gasteiger partial charge in [0, 0.05) is 31.1 Å². The van der Waals surface area contributed by atoms with Gasteiger partial charge in [-0.2, -0.15) is 0 Å². The van der Waals surface area contributed by atoms with Crippen molar-refractivity contribution in [1.82, 2.24) is 20.5 Å². The summed E-state index contributed by atoms with van der Waals surface area (Å²) in [7, 11) is 1.98. The van der Waals surface area contributed by atoms with Gasteiger partial charge in [0.05, 0.1) is 37.9 Å². The van der Waals surface area contributed by atoms with Crippen LogP contribution in [0.1, 0.15) is 52.4 Å². The van der Waals surface area contributed by atoms with Crippen LogP contribution < -0.4 is 21.3 Å². The number of alkyl carbamates (subject to hydrolysis) is 1. The number of carbonyl (C=O) groups is 2. The molecule has 0 saturated carbocycles. The second-order valence-corrected chi connectivity index (χ2v) is 11.0. The SMILES string of the molecule is CCCCCCOC(=O)N/C(N)=C1\C=CC(NCC2=NC3=C/C(=C(/O)N(CCC(=O)OCC)c4ccccn4)C=CC3N2C)=CC1. The van der Waals surface area contributed by atoms with Crippen molar-refractivity contribution in [3.8, 4) is 0 Å². The molecule has 5 N–H and O–H groups in total. The number of nitrogens with one attached hydrogen (secondary N) is 2. The van der Waals surface area contributed by atoms with E-state index in [1.54, 1.807) is 30.2 Å². The first kappa shape index (κ1) is 33.9. The molecule has 0 fully saturated rings.